The van der Waals surface area contributed by atoms with Crippen molar-refractivity contribution in [3.05, 3.63) is 95.6 Å². The van der Waals surface area contributed by atoms with Crippen molar-refractivity contribution >= 4 is 17.5 Å². The first-order valence-corrected chi connectivity index (χ1v) is 10.5. The van der Waals surface area contributed by atoms with Crippen LogP contribution in [0, 0.1) is 6.92 Å². The molecule has 0 unspecified atom stereocenters. The minimum atomic E-state index is -0.666. The van der Waals surface area contributed by atoms with Crippen LogP contribution in [0.1, 0.15) is 47.8 Å². The molecule has 3 aromatic rings. The Labute approximate surface area is 183 Å². The number of ether oxygens (including phenoxy) is 1. The SMILES string of the molecule is CC[C@H](Oc1cccc(C)c1)C(=O)Nc1ccccc1C(=O)N[C@@H](C)c1ccccc1. The number of benzene rings is 3. The fourth-order valence-electron chi connectivity index (χ4n) is 3.28. The fourth-order valence-corrected chi connectivity index (χ4v) is 3.28. The molecule has 2 N–H and O–H groups in total. The number of rotatable bonds is 8. The number of aryl methyl sites for hydroxylation is 1. The first-order chi connectivity index (χ1) is 15.0. The van der Waals surface area contributed by atoms with Crippen LogP contribution in [-0.2, 0) is 4.79 Å². The molecule has 0 fully saturated rings. The maximum Gasteiger partial charge on any atom is 0.265 e. The topological polar surface area (TPSA) is 67.4 Å². The van der Waals surface area contributed by atoms with E-state index >= 15 is 0 Å². The molecule has 160 valence electrons. The van der Waals surface area contributed by atoms with Crippen molar-refractivity contribution in [1.29, 1.82) is 0 Å². The van der Waals surface area contributed by atoms with Crippen molar-refractivity contribution in [2.45, 2.75) is 39.3 Å². The first kappa shape index (κ1) is 22.1. The zero-order chi connectivity index (χ0) is 22.2. The smallest absolute Gasteiger partial charge is 0.265 e. The Morgan fingerprint density at radius 2 is 1.65 bits per heavy atom. The highest BCUT2D eigenvalue weighted by molar-refractivity contribution is 6.04. The van der Waals surface area contributed by atoms with Crippen molar-refractivity contribution in [3.8, 4) is 5.75 Å². The number of carbonyl (C=O) groups excluding carboxylic acids is 2. The average molecular weight is 417 g/mol. The lowest BCUT2D eigenvalue weighted by Gasteiger charge is -2.19. The molecule has 2 atom stereocenters. The summed E-state index contributed by atoms with van der Waals surface area (Å²) in [7, 11) is 0. The maximum atomic E-state index is 12.9. The lowest BCUT2D eigenvalue weighted by molar-refractivity contribution is -0.122. The van der Waals surface area contributed by atoms with Gasteiger partial charge in [0.05, 0.1) is 17.3 Å². The highest BCUT2D eigenvalue weighted by Gasteiger charge is 2.21. The molecule has 0 aromatic heterocycles. The Balaban J connectivity index is 1.71. The van der Waals surface area contributed by atoms with Crippen LogP contribution in [0.5, 0.6) is 5.75 Å². The van der Waals surface area contributed by atoms with E-state index in [1.54, 1.807) is 24.3 Å². The molecule has 0 aliphatic heterocycles. The predicted molar refractivity (Wildman–Crippen MR) is 123 cm³/mol. The second kappa shape index (κ2) is 10.4. The lowest BCUT2D eigenvalue weighted by atomic mass is 10.1. The van der Waals surface area contributed by atoms with Crippen LogP contribution in [0.3, 0.4) is 0 Å². The molecule has 0 aliphatic carbocycles. The third-order valence-corrected chi connectivity index (χ3v) is 5.01. The van der Waals surface area contributed by atoms with E-state index in [1.807, 2.05) is 75.4 Å². The molecule has 0 bridgehead atoms. The van der Waals surface area contributed by atoms with Crippen LogP contribution in [0.2, 0.25) is 0 Å². The molecule has 2 amide bonds. The zero-order valence-corrected chi connectivity index (χ0v) is 18.1. The van der Waals surface area contributed by atoms with E-state index in [4.69, 9.17) is 4.74 Å². The minimum Gasteiger partial charge on any atom is -0.481 e. The Kier molecular flexibility index (Phi) is 7.44. The maximum absolute atomic E-state index is 12.9. The Hall–Kier alpha value is -3.60. The summed E-state index contributed by atoms with van der Waals surface area (Å²) in [6, 6.07) is 24.1. The van der Waals surface area contributed by atoms with Gasteiger partial charge in [-0.2, -0.15) is 0 Å². The summed E-state index contributed by atoms with van der Waals surface area (Å²) in [4.78, 5) is 25.8. The molecule has 31 heavy (non-hydrogen) atoms. The molecular formula is C26H28N2O3. The molecule has 5 heteroatoms. The average Bonchev–Trinajstić information content (AvgIpc) is 2.78. The highest BCUT2D eigenvalue weighted by Crippen LogP contribution is 2.20. The number of hydrogen-bond donors (Lipinski definition) is 2. The monoisotopic (exact) mass is 416 g/mol. The summed E-state index contributed by atoms with van der Waals surface area (Å²) in [5, 5.41) is 5.86. The summed E-state index contributed by atoms with van der Waals surface area (Å²) in [6.45, 7) is 5.79. The molecule has 0 heterocycles. The van der Waals surface area contributed by atoms with E-state index in [2.05, 4.69) is 10.6 Å². The number of nitrogens with one attached hydrogen (secondary N) is 2. The highest BCUT2D eigenvalue weighted by atomic mass is 16.5. The first-order valence-electron chi connectivity index (χ1n) is 10.5. The van der Waals surface area contributed by atoms with Gasteiger partial charge >= 0.3 is 0 Å². The summed E-state index contributed by atoms with van der Waals surface area (Å²) in [5.74, 6) is 0.102. The van der Waals surface area contributed by atoms with Crippen molar-refractivity contribution < 1.29 is 14.3 Å². The number of carbonyl (C=O) groups is 2. The van der Waals surface area contributed by atoms with Crippen LogP contribution < -0.4 is 15.4 Å². The minimum absolute atomic E-state index is 0.162. The molecule has 3 rings (SSSR count). The number of anilines is 1. The Morgan fingerprint density at radius 3 is 2.35 bits per heavy atom. The van der Waals surface area contributed by atoms with E-state index in [9.17, 15) is 9.59 Å². The molecular weight excluding hydrogens is 388 g/mol. The van der Waals surface area contributed by atoms with Crippen LogP contribution in [0.25, 0.3) is 0 Å². The van der Waals surface area contributed by atoms with Gasteiger partial charge in [0, 0.05) is 0 Å². The van der Waals surface area contributed by atoms with E-state index < -0.39 is 6.10 Å². The van der Waals surface area contributed by atoms with Crippen molar-refractivity contribution in [2.75, 3.05) is 5.32 Å². The van der Waals surface area contributed by atoms with Gasteiger partial charge in [-0.15, -0.1) is 0 Å². The zero-order valence-electron chi connectivity index (χ0n) is 18.1. The quantitative estimate of drug-likeness (QED) is 0.525. The van der Waals surface area contributed by atoms with Gasteiger partial charge in [-0.05, 0) is 55.7 Å². The van der Waals surface area contributed by atoms with Gasteiger partial charge in [0.1, 0.15) is 5.75 Å². The summed E-state index contributed by atoms with van der Waals surface area (Å²) in [6.07, 6.45) is -0.166. The van der Waals surface area contributed by atoms with Gasteiger partial charge in [-0.1, -0.05) is 61.5 Å². The van der Waals surface area contributed by atoms with Crippen molar-refractivity contribution in [1.82, 2.24) is 5.32 Å². The van der Waals surface area contributed by atoms with Gasteiger partial charge in [-0.3, -0.25) is 9.59 Å². The molecule has 0 aliphatic rings. The Morgan fingerprint density at radius 1 is 0.935 bits per heavy atom. The molecule has 0 radical (unpaired) electrons. The second-order valence-corrected chi connectivity index (χ2v) is 7.47. The van der Waals surface area contributed by atoms with Gasteiger partial charge < -0.3 is 15.4 Å². The van der Waals surface area contributed by atoms with Crippen LogP contribution in [0.4, 0.5) is 5.69 Å². The van der Waals surface area contributed by atoms with Crippen molar-refractivity contribution in [2.24, 2.45) is 0 Å². The van der Waals surface area contributed by atoms with Gasteiger partial charge in [0.2, 0.25) is 0 Å². The fraction of sp³-hybridized carbons (Fsp3) is 0.231. The molecule has 5 nitrogen and oxygen atoms in total. The van der Waals surface area contributed by atoms with Crippen molar-refractivity contribution in [3.63, 3.8) is 0 Å². The summed E-state index contributed by atoms with van der Waals surface area (Å²) < 4.78 is 5.89. The Bertz CT molecular complexity index is 1030. The third-order valence-electron chi connectivity index (χ3n) is 5.01. The van der Waals surface area contributed by atoms with Gasteiger partial charge in [0.15, 0.2) is 6.10 Å². The number of amides is 2. The van der Waals surface area contributed by atoms with Gasteiger partial charge in [0.25, 0.3) is 11.8 Å². The van der Waals surface area contributed by atoms with Gasteiger partial charge in [-0.25, -0.2) is 0 Å². The van der Waals surface area contributed by atoms with Crippen LogP contribution >= 0.6 is 0 Å². The van der Waals surface area contributed by atoms with E-state index in [0.29, 0.717) is 23.4 Å². The molecule has 0 saturated carbocycles. The lowest BCUT2D eigenvalue weighted by Crippen LogP contribution is -2.34. The largest absolute Gasteiger partial charge is 0.481 e. The molecule has 0 saturated heterocycles. The molecule has 0 spiro atoms. The summed E-state index contributed by atoms with van der Waals surface area (Å²) >= 11 is 0. The number of para-hydroxylation sites is 1. The summed E-state index contributed by atoms with van der Waals surface area (Å²) in [5.41, 5.74) is 2.93. The van der Waals surface area contributed by atoms with Crippen LogP contribution in [-0.4, -0.2) is 17.9 Å². The van der Waals surface area contributed by atoms with Crippen LogP contribution in [0.15, 0.2) is 78.9 Å². The van der Waals surface area contributed by atoms with E-state index in [1.165, 1.54) is 0 Å². The molecule has 3 aromatic carbocycles. The predicted octanol–water partition coefficient (Wildman–Crippen LogP) is 5.28. The third kappa shape index (κ3) is 5.95. The number of hydrogen-bond acceptors (Lipinski definition) is 3. The normalized spacial score (nSPS) is 12.5. The van der Waals surface area contributed by atoms with E-state index in [-0.39, 0.29) is 17.9 Å². The standard InChI is InChI=1S/C26H28N2O3/c1-4-24(31-21-14-10-11-18(2)17-21)26(30)28-23-16-9-8-15-22(23)25(29)27-19(3)20-12-6-5-7-13-20/h5-17,19,24H,4H2,1-3H3,(H,27,29)(H,28,30)/t19-,24-/m0/s1. The van der Waals surface area contributed by atoms with E-state index in [0.717, 1.165) is 11.1 Å². The second-order valence-electron chi connectivity index (χ2n) is 7.47.